The summed E-state index contributed by atoms with van der Waals surface area (Å²) < 4.78 is 0. The molecule has 1 aromatic rings. The molecular weight excluding hydrogens is 272 g/mol. The van der Waals surface area contributed by atoms with Crippen LogP contribution in [0.2, 0.25) is 0 Å². The molecule has 2 heteroatoms. The predicted octanol–water partition coefficient (Wildman–Crippen LogP) is 4.20. The fourth-order valence-electron chi connectivity index (χ4n) is 5.25. The normalized spacial score (nSPS) is 29.9. The molecule has 2 aliphatic carbocycles. The summed E-state index contributed by atoms with van der Waals surface area (Å²) in [6.45, 7) is 8.92. The lowest BCUT2D eigenvalue weighted by Crippen LogP contribution is -2.53. The van der Waals surface area contributed by atoms with Gasteiger partial charge in [0.25, 0.3) is 0 Å². The van der Waals surface area contributed by atoms with Gasteiger partial charge in [-0.3, -0.25) is 4.79 Å². The number of carbonyl (C=O) groups excluding carboxylic acids is 1. The SMILES string of the molecule is CCc1c(C)ccc2c1C(=O)C[C@@H]1C(C)(C)CCC[C@]21CO. The van der Waals surface area contributed by atoms with Crippen molar-refractivity contribution in [3.63, 3.8) is 0 Å². The van der Waals surface area contributed by atoms with Gasteiger partial charge >= 0.3 is 0 Å². The number of Topliss-reactive ketones (excluding diaryl/α,β-unsaturated/α-hetero) is 1. The number of aliphatic hydroxyl groups excluding tert-OH is 1. The van der Waals surface area contributed by atoms with Gasteiger partial charge in [0.05, 0.1) is 6.61 Å². The average molecular weight is 300 g/mol. The van der Waals surface area contributed by atoms with Crippen molar-refractivity contribution in [1.82, 2.24) is 0 Å². The van der Waals surface area contributed by atoms with E-state index >= 15 is 0 Å². The van der Waals surface area contributed by atoms with Gasteiger partial charge in [-0.1, -0.05) is 39.3 Å². The fraction of sp³-hybridized carbons (Fsp3) is 0.650. The summed E-state index contributed by atoms with van der Waals surface area (Å²) >= 11 is 0. The summed E-state index contributed by atoms with van der Waals surface area (Å²) in [6, 6.07) is 4.28. The highest BCUT2D eigenvalue weighted by molar-refractivity contribution is 6.01. The number of fused-ring (bicyclic) bond motifs is 3. The molecule has 120 valence electrons. The molecule has 0 radical (unpaired) electrons. The van der Waals surface area contributed by atoms with Crippen LogP contribution >= 0.6 is 0 Å². The maximum absolute atomic E-state index is 12.9. The van der Waals surface area contributed by atoms with Gasteiger partial charge in [0, 0.05) is 17.4 Å². The molecule has 1 saturated carbocycles. The first-order valence-electron chi connectivity index (χ1n) is 8.64. The smallest absolute Gasteiger partial charge is 0.163 e. The van der Waals surface area contributed by atoms with E-state index in [9.17, 15) is 9.90 Å². The van der Waals surface area contributed by atoms with E-state index in [2.05, 4.69) is 39.8 Å². The number of hydrogen-bond acceptors (Lipinski definition) is 2. The molecule has 2 aliphatic rings. The van der Waals surface area contributed by atoms with E-state index in [0.29, 0.717) is 12.2 Å². The van der Waals surface area contributed by atoms with E-state index < -0.39 is 0 Å². The average Bonchev–Trinajstić information content (AvgIpc) is 2.48. The Morgan fingerprint density at radius 2 is 2.00 bits per heavy atom. The topological polar surface area (TPSA) is 37.3 Å². The molecule has 0 bridgehead atoms. The molecule has 3 rings (SSSR count). The number of benzene rings is 1. The summed E-state index contributed by atoms with van der Waals surface area (Å²) in [6.07, 6.45) is 4.76. The van der Waals surface area contributed by atoms with Crippen molar-refractivity contribution in [3.8, 4) is 0 Å². The molecule has 2 nitrogen and oxygen atoms in total. The first-order valence-corrected chi connectivity index (χ1v) is 8.64. The highest BCUT2D eigenvalue weighted by Gasteiger charge is 2.54. The number of carbonyl (C=O) groups is 1. The van der Waals surface area contributed by atoms with Crippen molar-refractivity contribution in [2.75, 3.05) is 6.61 Å². The van der Waals surface area contributed by atoms with Crippen molar-refractivity contribution < 1.29 is 9.90 Å². The third-order valence-corrected chi connectivity index (χ3v) is 6.44. The molecule has 1 fully saturated rings. The number of aryl methyl sites for hydroxylation is 1. The molecule has 0 heterocycles. The Bertz CT molecular complexity index is 614. The molecule has 0 aromatic heterocycles. The maximum Gasteiger partial charge on any atom is 0.163 e. The van der Waals surface area contributed by atoms with Crippen LogP contribution in [0.1, 0.15) is 73.5 Å². The number of hydrogen-bond donors (Lipinski definition) is 1. The van der Waals surface area contributed by atoms with Gasteiger partial charge in [-0.2, -0.15) is 0 Å². The first kappa shape index (κ1) is 15.7. The van der Waals surface area contributed by atoms with Crippen LogP contribution in [-0.2, 0) is 11.8 Å². The van der Waals surface area contributed by atoms with Crippen LogP contribution < -0.4 is 0 Å². The molecule has 2 atom stereocenters. The summed E-state index contributed by atoms with van der Waals surface area (Å²) in [5, 5.41) is 10.4. The molecule has 0 amide bonds. The van der Waals surface area contributed by atoms with Gasteiger partial charge in [-0.25, -0.2) is 0 Å². The first-order chi connectivity index (χ1) is 10.4. The van der Waals surface area contributed by atoms with Crippen LogP contribution in [0.15, 0.2) is 12.1 Å². The van der Waals surface area contributed by atoms with E-state index in [1.807, 2.05) is 0 Å². The fourth-order valence-corrected chi connectivity index (χ4v) is 5.25. The zero-order valence-electron chi connectivity index (χ0n) is 14.3. The van der Waals surface area contributed by atoms with E-state index in [4.69, 9.17) is 0 Å². The van der Waals surface area contributed by atoms with Gasteiger partial charge in [-0.05, 0) is 54.2 Å². The third kappa shape index (κ3) is 2.00. The Morgan fingerprint density at radius 3 is 2.64 bits per heavy atom. The zero-order chi connectivity index (χ0) is 16.1. The van der Waals surface area contributed by atoms with E-state index in [1.54, 1.807) is 0 Å². The lowest BCUT2D eigenvalue weighted by atomic mass is 9.49. The van der Waals surface area contributed by atoms with Gasteiger partial charge in [0.1, 0.15) is 0 Å². The van der Waals surface area contributed by atoms with Gasteiger partial charge in [0.2, 0.25) is 0 Å². The van der Waals surface area contributed by atoms with Crippen LogP contribution in [0, 0.1) is 18.3 Å². The summed E-state index contributed by atoms with van der Waals surface area (Å²) in [4.78, 5) is 12.9. The minimum atomic E-state index is -0.220. The largest absolute Gasteiger partial charge is 0.395 e. The molecule has 0 saturated heterocycles. The summed E-state index contributed by atoms with van der Waals surface area (Å²) in [7, 11) is 0. The molecule has 22 heavy (non-hydrogen) atoms. The second-order valence-electron chi connectivity index (χ2n) is 7.97. The Hall–Kier alpha value is -1.15. The molecular formula is C20H28O2. The summed E-state index contributed by atoms with van der Waals surface area (Å²) in [5.74, 6) is 0.547. The van der Waals surface area contributed by atoms with Crippen molar-refractivity contribution in [3.05, 3.63) is 34.4 Å². The number of ketones is 1. The molecule has 0 aliphatic heterocycles. The van der Waals surface area contributed by atoms with E-state index in [0.717, 1.165) is 36.8 Å². The van der Waals surface area contributed by atoms with Crippen molar-refractivity contribution in [2.24, 2.45) is 11.3 Å². The van der Waals surface area contributed by atoms with Crippen LogP contribution in [0.25, 0.3) is 0 Å². The molecule has 0 unspecified atom stereocenters. The van der Waals surface area contributed by atoms with Crippen molar-refractivity contribution >= 4 is 5.78 Å². The predicted molar refractivity (Wildman–Crippen MR) is 89.4 cm³/mol. The Labute approximate surface area is 133 Å². The Balaban J connectivity index is 2.27. The third-order valence-electron chi connectivity index (χ3n) is 6.44. The van der Waals surface area contributed by atoms with Crippen LogP contribution in [0.3, 0.4) is 0 Å². The Kier molecular flexibility index (Phi) is 3.71. The number of aliphatic hydroxyl groups is 1. The maximum atomic E-state index is 12.9. The second kappa shape index (κ2) is 5.19. The number of rotatable bonds is 2. The second-order valence-corrected chi connectivity index (χ2v) is 7.97. The minimum absolute atomic E-state index is 0.117. The monoisotopic (exact) mass is 300 g/mol. The van der Waals surface area contributed by atoms with Crippen molar-refractivity contribution in [1.29, 1.82) is 0 Å². The quantitative estimate of drug-likeness (QED) is 0.888. The molecule has 1 N–H and O–H groups in total. The standard InChI is InChI=1S/C20H28O2/c1-5-14-13(2)7-8-15-18(14)16(22)11-17-19(3,4)9-6-10-20(15,17)12-21/h7-8,17,21H,5-6,9-12H2,1-4H3/t17-,20+/m1/s1. The van der Waals surface area contributed by atoms with E-state index in [-0.39, 0.29) is 23.4 Å². The molecule has 0 spiro atoms. The summed E-state index contributed by atoms with van der Waals surface area (Å²) in [5.41, 5.74) is 4.36. The highest BCUT2D eigenvalue weighted by Crippen LogP contribution is 2.57. The highest BCUT2D eigenvalue weighted by atomic mass is 16.3. The van der Waals surface area contributed by atoms with E-state index in [1.165, 1.54) is 11.1 Å². The van der Waals surface area contributed by atoms with Crippen molar-refractivity contribution in [2.45, 2.75) is 65.2 Å². The van der Waals surface area contributed by atoms with Gasteiger partial charge in [0.15, 0.2) is 5.78 Å². The lowest BCUT2D eigenvalue weighted by Gasteiger charge is -2.55. The minimum Gasteiger partial charge on any atom is -0.395 e. The van der Waals surface area contributed by atoms with Crippen LogP contribution in [0.5, 0.6) is 0 Å². The zero-order valence-corrected chi connectivity index (χ0v) is 14.3. The Morgan fingerprint density at radius 1 is 1.27 bits per heavy atom. The van der Waals surface area contributed by atoms with Gasteiger partial charge < -0.3 is 5.11 Å². The van der Waals surface area contributed by atoms with Gasteiger partial charge in [-0.15, -0.1) is 0 Å². The molecule has 1 aromatic carbocycles. The van der Waals surface area contributed by atoms with Crippen LogP contribution in [-0.4, -0.2) is 17.5 Å². The lowest BCUT2D eigenvalue weighted by molar-refractivity contribution is -0.00199. The van der Waals surface area contributed by atoms with Crippen LogP contribution in [0.4, 0.5) is 0 Å².